The molecule has 0 aliphatic carbocycles. The summed E-state index contributed by atoms with van der Waals surface area (Å²) in [6, 6.07) is 11.9. The van der Waals surface area contributed by atoms with E-state index in [0.29, 0.717) is 10.5 Å². The minimum atomic E-state index is -3.58. The van der Waals surface area contributed by atoms with Crippen LogP contribution in [0.4, 0.5) is 0 Å². The van der Waals surface area contributed by atoms with E-state index < -0.39 is 9.84 Å². The van der Waals surface area contributed by atoms with Crippen LogP contribution in [0.2, 0.25) is 0 Å². The van der Waals surface area contributed by atoms with E-state index in [9.17, 15) is 8.42 Å². The Hall–Kier alpha value is -1.73. The SMILES string of the molecule is CN(C)C1(C)CNCCc2cc(S(=O)(=O)c3ccc(CO)cc3)ccc21. The molecule has 0 saturated heterocycles. The summed E-state index contributed by atoms with van der Waals surface area (Å²) < 4.78 is 26.0. The smallest absolute Gasteiger partial charge is 0.206 e. The molecule has 0 radical (unpaired) electrons. The molecule has 1 heterocycles. The van der Waals surface area contributed by atoms with Gasteiger partial charge >= 0.3 is 0 Å². The van der Waals surface area contributed by atoms with Gasteiger partial charge in [0, 0.05) is 6.54 Å². The molecule has 0 spiro atoms. The zero-order valence-corrected chi connectivity index (χ0v) is 16.3. The Bertz CT molecular complexity index is 892. The molecule has 6 heteroatoms. The standard InChI is InChI=1S/C20H26N2O3S/c1-20(22(2)3)14-21-11-10-16-12-18(8-9-19(16)20)26(24,25)17-6-4-15(13-23)5-7-17/h4-9,12,21,23H,10-11,13-14H2,1-3H3. The molecule has 1 atom stereocenters. The van der Waals surface area contributed by atoms with Gasteiger partial charge in [-0.2, -0.15) is 0 Å². The molecular weight excluding hydrogens is 348 g/mol. The van der Waals surface area contributed by atoms with E-state index >= 15 is 0 Å². The quantitative estimate of drug-likeness (QED) is 0.856. The molecule has 1 aliphatic heterocycles. The maximum Gasteiger partial charge on any atom is 0.206 e. The van der Waals surface area contributed by atoms with Crippen LogP contribution >= 0.6 is 0 Å². The first-order valence-electron chi connectivity index (χ1n) is 8.75. The lowest BCUT2D eigenvalue weighted by Crippen LogP contribution is -2.45. The van der Waals surface area contributed by atoms with Crippen molar-refractivity contribution < 1.29 is 13.5 Å². The molecule has 0 aromatic heterocycles. The van der Waals surface area contributed by atoms with E-state index in [1.54, 1.807) is 30.3 Å². The molecule has 2 aromatic rings. The third kappa shape index (κ3) is 3.30. The van der Waals surface area contributed by atoms with E-state index in [-0.39, 0.29) is 17.0 Å². The average molecular weight is 375 g/mol. The number of aliphatic hydroxyl groups excluding tert-OH is 1. The van der Waals surface area contributed by atoms with Crippen molar-refractivity contribution in [2.24, 2.45) is 0 Å². The lowest BCUT2D eigenvalue weighted by atomic mass is 9.87. The van der Waals surface area contributed by atoms with Crippen LogP contribution < -0.4 is 5.32 Å². The Balaban J connectivity index is 2.06. The molecule has 5 nitrogen and oxygen atoms in total. The Kier molecular flexibility index (Phi) is 5.21. The monoisotopic (exact) mass is 374 g/mol. The third-order valence-electron chi connectivity index (χ3n) is 5.41. The maximum atomic E-state index is 13.0. The molecule has 1 unspecified atom stereocenters. The van der Waals surface area contributed by atoms with Gasteiger partial charge in [-0.15, -0.1) is 0 Å². The van der Waals surface area contributed by atoms with Crippen molar-refractivity contribution in [2.45, 2.75) is 35.3 Å². The molecule has 3 rings (SSSR count). The van der Waals surface area contributed by atoms with Crippen molar-refractivity contribution in [3.63, 3.8) is 0 Å². The number of nitrogens with one attached hydrogen (secondary N) is 1. The Labute approximate surface area is 155 Å². The molecule has 2 N–H and O–H groups in total. The highest BCUT2D eigenvalue weighted by molar-refractivity contribution is 7.91. The fourth-order valence-electron chi connectivity index (χ4n) is 3.43. The lowest BCUT2D eigenvalue weighted by Gasteiger charge is -2.37. The van der Waals surface area contributed by atoms with Gasteiger partial charge in [0.1, 0.15) is 0 Å². The highest BCUT2D eigenvalue weighted by atomic mass is 32.2. The summed E-state index contributed by atoms with van der Waals surface area (Å²) in [7, 11) is 0.509. The van der Waals surface area contributed by atoms with Gasteiger partial charge in [0.2, 0.25) is 9.84 Å². The van der Waals surface area contributed by atoms with Crippen LogP contribution in [-0.2, 0) is 28.4 Å². The van der Waals surface area contributed by atoms with Crippen LogP contribution in [0.3, 0.4) is 0 Å². The number of rotatable bonds is 4. The predicted molar refractivity (Wildman–Crippen MR) is 102 cm³/mol. The molecule has 0 saturated carbocycles. The molecule has 140 valence electrons. The van der Waals surface area contributed by atoms with Gasteiger partial charge < -0.3 is 10.4 Å². The number of benzene rings is 2. The van der Waals surface area contributed by atoms with Gasteiger partial charge in [0.05, 0.1) is 21.9 Å². The van der Waals surface area contributed by atoms with E-state index in [1.165, 1.54) is 5.56 Å². The van der Waals surface area contributed by atoms with Gasteiger partial charge in [-0.05, 0) is 74.9 Å². The summed E-state index contributed by atoms with van der Waals surface area (Å²) in [5, 5.41) is 12.6. The number of sulfone groups is 1. The van der Waals surface area contributed by atoms with Crippen LogP contribution in [0.1, 0.15) is 23.6 Å². The van der Waals surface area contributed by atoms with E-state index in [2.05, 4.69) is 17.1 Å². The van der Waals surface area contributed by atoms with Gasteiger partial charge in [-0.1, -0.05) is 18.2 Å². The zero-order chi connectivity index (χ0) is 18.9. The predicted octanol–water partition coefficient (Wildman–Crippen LogP) is 1.93. The summed E-state index contributed by atoms with van der Waals surface area (Å²) in [6.07, 6.45) is 0.797. The third-order valence-corrected chi connectivity index (χ3v) is 7.18. The second kappa shape index (κ2) is 7.12. The Morgan fingerprint density at radius 2 is 1.77 bits per heavy atom. The van der Waals surface area contributed by atoms with Crippen LogP contribution in [0, 0.1) is 0 Å². The summed E-state index contributed by atoms with van der Waals surface area (Å²) in [6.45, 7) is 3.72. The highest BCUT2D eigenvalue weighted by Crippen LogP contribution is 2.33. The summed E-state index contributed by atoms with van der Waals surface area (Å²) in [4.78, 5) is 2.74. The second-order valence-electron chi connectivity index (χ2n) is 7.22. The topological polar surface area (TPSA) is 69.6 Å². The van der Waals surface area contributed by atoms with Crippen LogP contribution in [0.15, 0.2) is 52.3 Å². The highest BCUT2D eigenvalue weighted by Gasteiger charge is 2.33. The Morgan fingerprint density at radius 1 is 1.12 bits per heavy atom. The minimum absolute atomic E-state index is 0.102. The molecule has 0 amide bonds. The normalized spacial score (nSPS) is 20.7. The number of likely N-dealkylation sites (N-methyl/N-ethyl adjacent to an activating group) is 1. The van der Waals surface area contributed by atoms with Gasteiger partial charge in [-0.25, -0.2) is 8.42 Å². The number of nitrogens with zero attached hydrogens (tertiary/aromatic N) is 1. The first-order chi connectivity index (χ1) is 12.3. The Morgan fingerprint density at radius 3 is 2.38 bits per heavy atom. The number of hydrogen-bond acceptors (Lipinski definition) is 5. The van der Waals surface area contributed by atoms with Crippen molar-refractivity contribution >= 4 is 9.84 Å². The van der Waals surface area contributed by atoms with E-state index in [1.807, 2.05) is 26.2 Å². The number of fused-ring (bicyclic) bond motifs is 1. The average Bonchev–Trinajstić information content (AvgIpc) is 2.81. The number of aliphatic hydroxyl groups is 1. The fourth-order valence-corrected chi connectivity index (χ4v) is 4.74. The van der Waals surface area contributed by atoms with Crippen LogP contribution in [0.25, 0.3) is 0 Å². The van der Waals surface area contributed by atoms with Crippen molar-refractivity contribution in [3.05, 3.63) is 59.2 Å². The molecule has 0 fully saturated rings. The molecular formula is C20H26N2O3S. The first kappa shape index (κ1) is 19.0. The largest absolute Gasteiger partial charge is 0.392 e. The van der Waals surface area contributed by atoms with Crippen molar-refractivity contribution in [2.75, 3.05) is 27.2 Å². The fraction of sp³-hybridized carbons (Fsp3) is 0.400. The van der Waals surface area contributed by atoms with E-state index in [4.69, 9.17) is 5.11 Å². The van der Waals surface area contributed by atoms with Crippen molar-refractivity contribution in [1.82, 2.24) is 10.2 Å². The van der Waals surface area contributed by atoms with Gasteiger partial charge in [-0.3, -0.25) is 4.90 Å². The van der Waals surface area contributed by atoms with Gasteiger partial charge in [0.25, 0.3) is 0 Å². The molecule has 0 bridgehead atoms. The van der Waals surface area contributed by atoms with E-state index in [0.717, 1.165) is 25.1 Å². The van der Waals surface area contributed by atoms with Gasteiger partial charge in [0.15, 0.2) is 0 Å². The molecule has 26 heavy (non-hydrogen) atoms. The number of hydrogen-bond donors (Lipinski definition) is 2. The zero-order valence-electron chi connectivity index (χ0n) is 15.5. The summed E-state index contributed by atoms with van der Waals surface area (Å²) >= 11 is 0. The van der Waals surface area contributed by atoms with Crippen LogP contribution in [0.5, 0.6) is 0 Å². The van der Waals surface area contributed by atoms with Crippen LogP contribution in [-0.4, -0.2) is 45.6 Å². The maximum absolute atomic E-state index is 13.0. The lowest BCUT2D eigenvalue weighted by molar-refractivity contribution is 0.173. The summed E-state index contributed by atoms with van der Waals surface area (Å²) in [5.74, 6) is 0. The van der Waals surface area contributed by atoms with Crippen molar-refractivity contribution in [1.29, 1.82) is 0 Å². The summed E-state index contributed by atoms with van der Waals surface area (Å²) in [5.41, 5.74) is 2.75. The van der Waals surface area contributed by atoms with Crippen molar-refractivity contribution in [3.8, 4) is 0 Å². The second-order valence-corrected chi connectivity index (χ2v) is 9.17. The molecule has 1 aliphatic rings. The first-order valence-corrected chi connectivity index (χ1v) is 10.2. The molecule has 2 aromatic carbocycles. The minimum Gasteiger partial charge on any atom is -0.392 e.